The van der Waals surface area contributed by atoms with Crippen molar-refractivity contribution in [3.63, 3.8) is 0 Å². The van der Waals surface area contributed by atoms with Crippen molar-refractivity contribution in [1.29, 1.82) is 0 Å². The summed E-state index contributed by atoms with van der Waals surface area (Å²) in [5.41, 5.74) is 2.43. The van der Waals surface area contributed by atoms with E-state index in [1.165, 1.54) is 12.1 Å². The summed E-state index contributed by atoms with van der Waals surface area (Å²) in [6, 6.07) is 11.6. The number of benzene rings is 2. The first-order valence-electron chi connectivity index (χ1n) is 8.52. The summed E-state index contributed by atoms with van der Waals surface area (Å²) in [6.07, 6.45) is 0.836. The minimum absolute atomic E-state index is 0.0323. The molecular formula is C20H20ClFN2O2. The van der Waals surface area contributed by atoms with Crippen molar-refractivity contribution in [2.24, 2.45) is 5.92 Å². The Hall–Kier alpha value is -2.40. The van der Waals surface area contributed by atoms with Crippen LogP contribution in [0.2, 0.25) is 5.02 Å². The SMILES string of the molecule is Cc1c(Cl)cccc1NC(=O)[C@H]1CC(=O)N(CCc2ccc(F)cc2)C1. The molecule has 4 nitrogen and oxygen atoms in total. The third kappa shape index (κ3) is 4.22. The zero-order valence-corrected chi connectivity index (χ0v) is 15.2. The Morgan fingerprint density at radius 3 is 2.73 bits per heavy atom. The molecule has 2 aromatic rings. The van der Waals surface area contributed by atoms with Crippen molar-refractivity contribution in [3.05, 3.63) is 64.4 Å². The molecule has 136 valence electrons. The summed E-state index contributed by atoms with van der Waals surface area (Å²) in [5, 5.41) is 3.46. The quantitative estimate of drug-likeness (QED) is 0.865. The van der Waals surface area contributed by atoms with Crippen LogP contribution in [-0.2, 0) is 16.0 Å². The van der Waals surface area contributed by atoms with Gasteiger partial charge in [0.1, 0.15) is 5.82 Å². The van der Waals surface area contributed by atoms with Gasteiger partial charge in [-0.25, -0.2) is 4.39 Å². The second kappa shape index (κ2) is 7.87. The van der Waals surface area contributed by atoms with Gasteiger partial charge in [-0.15, -0.1) is 0 Å². The number of carbonyl (C=O) groups excluding carboxylic acids is 2. The van der Waals surface area contributed by atoms with Crippen LogP contribution in [0, 0.1) is 18.7 Å². The molecule has 26 heavy (non-hydrogen) atoms. The topological polar surface area (TPSA) is 49.4 Å². The highest BCUT2D eigenvalue weighted by molar-refractivity contribution is 6.31. The summed E-state index contributed by atoms with van der Waals surface area (Å²) in [6.45, 7) is 2.75. The summed E-state index contributed by atoms with van der Waals surface area (Å²) in [5.74, 6) is -0.865. The van der Waals surface area contributed by atoms with E-state index < -0.39 is 0 Å². The molecule has 0 radical (unpaired) electrons. The lowest BCUT2D eigenvalue weighted by molar-refractivity contribution is -0.128. The Kier molecular flexibility index (Phi) is 5.57. The maximum Gasteiger partial charge on any atom is 0.229 e. The van der Waals surface area contributed by atoms with Gasteiger partial charge in [0.15, 0.2) is 0 Å². The number of nitrogens with zero attached hydrogens (tertiary/aromatic N) is 1. The molecule has 1 saturated heterocycles. The Labute approximate surface area is 157 Å². The molecule has 0 saturated carbocycles. The number of likely N-dealkylation sites (tertiary alicyclic amines) is 1. The molecule has 1 aliphatic heterocycles. The van der Waals surface area contributed by atoms with Crippen molar-refractivity contribution in [1.82, 2.24) is 4.90 Å². The Bertz CT molecular complexity index is 823. The van der Waals surface area contributed by atoms with Crippen LogP contribution in [-0.4, -0.2) is 29.8 Å². The first kappa shape index (κ1) is 18.4. The van der Waals surface area contributed by atoms with Gasteiger partial charge in [0, 0.05) is 30.2 Å². The van der Waals surface area contributed by atoms with Crippen molar-refractivity contribution in [2.75, 3.05) is 18.4 Å². The monoisotopic (exact) mass is 374 g/mol. The summed E-state index contributed by atoms with van der Waals surface area (Å²) >= 11 is 6.08. The standard InChI is InChI=1S/C20H20ClFN2O2/c1-13-17(21)3-2-4-18(13)23-20(26)15-11-19(25)24(12-15)10-9-14-5-7-16(22)8-6-14/h2-8,15H,9-12H2,1H3,(H,23,26)/t15-/m0/s1. The first-order chi connectivity index (χ1) is 12.4. The van der Waals surface area contributed by atoms with Crippen LogP contribution in [0.25, 0.3) is 0 Å². The zero-order chi connectivity index (χ0) is 18.7. The highest BCUT2D eigenvalue weighted by Crippen LogP contribution is 2.25. The third-order valence-electron chi connectivity index (χ3n) is 4.69. The molecule has 0 aliphatic carbocycles. The molecule has 2 amide bonds. The fraction of sp³-hybridized carbons (Fsp3) is 0.300. The molecule has 2 aromatic carbocycles. The highest BCUT2D eigenvalue weighted by Gasteiger charge is 2.34. The van der Waals surface area contributed by atoms with E-state index in [4.69, 9.17) is 11.6 Å². The Morgan fingerprint density at radius 1 is 1.27 bits per heavy atom. The average Bonchev–Trinajstić information content (AvgIpc) is 2.99. The molecule has 3 rings (SSSR count). The second-order valence-electron chi connectivity index (χ2n) is 6.52. The van der Waals surface area contributed by atoms with Crippen LogP contribution in [0.3, 0.4) is 0 Å². The fourth-order valence-corrected chi connectivity index (χ4v) is 3.23. The smallest absolute Gasteiger partial charge is 0.229 e. The molecule has 1 atom stereocenters. The third-order valence-corrected chi connectivity index (χ3v) is 5.10. The largest absolute Gasteiger partial charge is 0.342 e. The minimum atomic E-state index is -0.380. The maximum atomic E-state index is 12.9. The molecule has 0 bridgehead atoms. The molecular weight excluding hydrogens is 355 g/mol. The van der Waals surface area contributed by atoms with E-state index in [-0.39, 0.29) is 30.0 Å². The molecule has 1 aliphatic rings. The second-order valence-corrected chi connectivity index (χ2v) is 6.93. The molecule has 6 heteroatoms. The summed E-state index contributed by atoms with van der Waals surface area (Å²) < 4.78 is 12.9. The van der Waals surface area contributed by atoms with Gasteiger partial charge in [-0.05, 0) is 48.7 Å². The lowest BCUT2D eigenvalue weighted by atomic mass is 10.1. The van der Waals surface area contributed by atoms with E-state index in [9.17, 15) is 14.0 Å². The zero-order valence-electron chi connectivity index (χ0n) is 14.5. The van der Waals surface area contributed by atoms with Crippen LogP contribution in [0.4, 0.5) is 10.1 Å². The lowest BCUT2D eigenvalue weighted by Crippen LogP contribution is -2.30. The number of hydrogen-bond acceptors (Lipinski definition) is 2. The van der Waals surface area contributed by atoms with E-state index in [0.29, 0.717) is 30.2 Å². The predicted molar refractivity (Wildman–Crippen MR) is 99.6 cm³/mol. The number of halogens is 2. The van der Waals surface area contributed by atoms with Crippen LogP contribution in [0.5, 0.6) is 0 Å². The Balaban J connectivity index is 1.57. The van der Waals surface area contributed by atoms with Crippen molar-refractivity contribution in [3.8, 4) is 0 Å². The number of amides is 2. The van der Waals surface area contributed by atoms with Gasteiger partial charge in [0.2, 0.25) is 11.8 Å². The summed E-state index contributed by atoms with van der Waals surface area (Å²) in [7, 11) is 0. The number of rotatable bonds is 5. The molecule has 0 unspecified atom stereocenters. The number of hydrogen-bond donors (Lipinski definition) is 1. The number of anilines is 1. The van der Waals surface area contributed by atoms with Gasteiger partial charge >= 0.3 is 0 Å². The van der Waals surface area contributed by atoms with Crippen molar-refractivity contribution < 1.29 is 14.0 Å². The molecule has 0 aromatic heterocycles. The predicted octanol–water partition coefficient (Wildman–Crippen LogP) is 3.82. The van der Waals surface area contributed by atoms with Gasteiger partial charge in [0.05, 0.1) is 5.92 Å². The highest BCUT2D eigenvalue weighted by atomic mass is 35.5. The van der Waals surface area contributed by atoms with Gasteiger partial charge in [-0.2, -0.15) is 0 Å². The van der Waals surface area contributed by atoms with Crippen molar-refractivity contribution >= 4 is 29.1 Å². The van der Waals surface area contributed by atoms with Crippen LogP contribution < -0.4 is 5.32 Å². The average molecular weight is 375 g/mol. The van der Waals surface area contributed by atoms with E-state index >= 15 is 0 Å². The number of carbonyl (C=O) groups is 2. The number of nitrogens with one attached hydrogen (secondary N) is 1. The molecule has 1 heterocycles. The van der Waals surface area contributed by atoms with E-state index in [1.54, 1.807) is 35.2 Å². The molecule has 1 N–H and O–H groups in total. The van der Waals surface area contributed by atoms with Crippen LogP contribution >= 0.6 is 11.6 Å². The minimum Gasteiger partial charge on any atom is -0.342 e. The van der Waals surface area contributed by atoms with Crippen LogP contribution in [0.1, 0.15) is 17.5 Å². The van der Waals surface area contributed by atoms with Gasteiger partial charge in [-0.1, -0.05) is 29.8 Å². The maximum absolute atomic E-state index is 12.9. The van der Waals surface area contributed by atoms with E-state index in [2.05, 4.69) is 5.32 Å². The fourth-order valence-electron chi connectivity index (χ4n) is 3.06. The van der Waals surface area contributed by atoms with Gasteiger partial charge in [0.25, 0.3) is 0 Å². The van der Waals surface area contributed by atoms with Gasteiger partial charge in [-0.3, -0.25) is 9.59 Å². The molecule has 0 spiro atoms. The van der Waals surface area contributed by atoms with E-state index in [0.717, 1.165) is 11.1 Å². The van der Waals surface area contributed by atoms with Crippen molar-refractivity contribution in [2.45, 2.75) is 19.8 Å². The lowest BCUT2D eigenvalue weighted by Gasteiger charge is -2.17. The van der Waals surface area contributed by atoms with Gasteiger partial charge < -0.3 is 10.2 Å². The van der Waals surface area contributed by atoms with Crippen LogP contribution in [0.15, 0.2) is 42.5 Å². The normalized spacial score (nSPS) is 16.8. The summed E-state index contributed by atoms with van der Waals surface area (Å²) in [4.78, 5) is 26.4. The van der Waals surface area contributed by atoms with E-state index in [1.807, 2.05) is 6.92 Å². The first-order valence-corrected chi connectivity index (χ1v) is 8.90. The molecule has 1 fully saturated rings. The Morgan fingerprint density at radius 2 is 2.00 bits per heavy atom.